The Hall–Kier alpha value is -5.02. The average molecular weight is 651 g/mol. The molecule has 46 heavy (non-hydrogen) atoms. The lowest BCUT2D eigenvalue weighted by Gasteiger charge is -2.43. The van der Waals surface area contributed by atoms with Crippen molar-refractivity contribution < 1.29 is 44.7 Å². The van der Waals surface area contributed by atoms with Gasteiger partial charge in [-0.3, -0.25) is 14.6 Å². The number of aromatic nitrogens is 3. The Morgan fingerprint density at radius 3 is 2.17 bits per heavy atom. The summed E-state index contributed by atoms with van der Waals surface area (Å²) in [4.78, 5) is 33.5. The third-order valence-electron chi connectivity index (χ3n) is 8.17. The molecule has 2 saturated heterocycles. The standard InChI is InChI=1S/C30H22F8N6O2/c31-22-6-4-18(12-21(22)30(36,37)38)43-16-40-27(46)28(43)7-10-42(11-8-28)26(45)24-14-25(17-2-1-9-39-15-17)44(41-24)19-3-5-20(23(32)13-19)29(33,34)35/h1-6,9,12-15H,7-8,10-11,16H2,(H,40,46). The molecule has 16 heteroatoms. The molecule has 0 unspecified atom stereocenters. The fourth-order valence-electron chi connectivity index (χ4n) is 5.83. The predicted molar refractivity (Wildman–Crippen MR) is 147 cm³/mol. The summed E-state index contributed by atoms with van der Waals surface area (Å²) in [7, 11) is 0. The largest absolute Gasteiger partial charge is 0.419 e. The van der Waals surface area contributed by atoms with Gasteiger partial charge in [-0.1, -0.05) is 0 Å². The molecule has 2 aromatic carbocycles. The summed E-state index contributed by atoms with van der Waals surface area (Å²) in [6, 6.07) is 9.31. The van der Waals surface area contributed by atoms with E-state index in [2.05, 4.69) is 15.4 Å². The number of hydrogen-bond donors (Lipinski definition) is 1. The molecule has 240 valence electrons. The number of rotatable bonds is 4. The molecule has 0 atom stereocenters. The van der Waals surface area contributed by atoms with Crippen LogP contribution >= 0.6 is 0 Å². The zero-order valence-corrected chi connectivity index (χ0v) is 23.5. The van der Waals surface area contributed by atoms with E-state index in [1.807, 2.05) is 0 Å². The maximum atomic E-state index is 14.5. The van der Waals surface area contributed by atoms with E-state index in [0.717, 1.165) is 16.8 Å². The summed E-state index contributed by atoms with van der Waals surface area (Å²) in [6.07, 6.45) is -6.93. The molecule has 1 spiro atoms. The number of likely N-dealkylation sites (tertiary alicyclic amines) is 1. The highest BCUT2D eigenvalue weighted by Gasteiger charge is 2.51. The van der Waals surface area contributed by atoms with E-state index < -0.39 is 52.5 Å². The number of nitrogens with one attached hydrogen (secondary N) is 1. The summed E-state index contributed by atoms with van der Waals surface area (Å²) in [5.41, 5.74) is -3.81. The van der Waals surface area contributed by atoms with Crippen LogP contribution in [-0.4, -0.2) is 56.8 Å². The van der Waals surface area contributed by atoms with Crippen molar-refractivity contribution in [2.45, 2.75) is 30.7 Å². The van der Waals surface area contributed by atoms with E-state index in [4.69, 9.17) is 0 Å². The molecule has 6 rings (SSSR count). The summed E-state index contributed by atoms with van der Waals surface area (Å²) in [5, 5.41) is 6.92. The Morgan fingerprint density at radius 1 is 0.848 bits per heavy atom. The summed E-state index contributed by atoms with van der Waals surface area (Å²) < 4.78 is 109. The first kappa shape index (κ1) is 31.0. The minimum Gasteiger partial charge on any atom is -0.339 e. The van der Waals surface area contributed by atoms with Gasteiger partial charge in [0.2, 0.25) is 5.91 Å². The molecule has 0 aliphatic carbocycles. The van der Waals surface area contributed by atoms with Gasteiger partial charge in [-0.05, 0) is 61.4 Å². The second-order valence-electron chi connectivity index (χ2n) is 10.8. The minimum atomic E-state index is -4.95. The lowest BCUT2D eigenvalue weighted by Crippen LogP contribution is -2.57. The Bertz CT molecular complexity index is 1810. The van der Waals surface area contributed by atoms with Crippen LogP contribution in [-0.2, 0) is 17.1 Å². The van der Waals surface area contributed by atoms with Gasteiger partial charge in [-0.25, -0.2) is 13.5 Å². The normalized spacial score (nSPS) is 16.7. The van der Waals surface area contributed by atoms with Gasteiger partial charge in [0, 0.05) is 42.8 Å². The fourth-order valence-corrected chi connectivity index (χ4v) is 5.83. The van der Waals surface area contributed by atoms with Crippen LogP contribution < -0.4 is 10.2 Å². The van der Waals surface area contributed by atoms with Gasteiger partial charge in [0.05, 0.1) is 29.2 Å². The Morgan fingerprint density at radius 2 is 1.54 bits per heavy atom. The van der Waals surface area contributed by atoms with Crippen molar-refractivity contribution in [3.05, 3.63) is 95.4 Å². The van der Waals surface area contributed by atoms with Crippen LogP contribution in [0, 0.1) is 11.6 Å². The highest BCUT2D eigenvalue weighted by Crippen LogP contribution is 2.40. The van der Waals surface area contributed by atoms with E-state index in [1.54, 1.807) is 12.1 Å². The number of pyridine rings is 1. The quantitative estimate of drug-likeness (QED) is 0.282. The number of anilines is 1. The molecule has 1 N–H and O–H groups in total. The number of carbonyl (C=O) groups is 2. The first-order valence-corrected chi connectivity index (χ1v) is 13.8. The van der Waals surface area contributed by atoms with Crippen molar-refractivity contribution in [3.8, 4) is 16.9 Å². The first-order chi connectivity index (χ1) is 21.7. The summed E-state index contributed by atoms with van der Waals surface area (Å²) in [5.74, 6) is -4.04. The molecule has 0 bridgehead atoms. The van der Waals surface area contributed by atoms with Gasteiger partial charge in [0.25, 0.3) is 5.91 Å². The van der Waals surface area contributed by atoms with Gasteiger partial charge in [-0.2, -0.15) is 31.4 Å². The Balaban J connectivity index is 1.28. The smallest absolute Gasteiger partial charge is 0.339 e. The molecule has 0 saturated carbocycles. The topological polar surface area (TPSA) is 83.4 Å². The van der Waals surface area contributed by atoms with Crippen molar-refractivity contribution in [3.63, 3.8) is 0 Å². The van der Waals surface area contributed by atoms with Crippen molar-refractivity contribution in [2.75, 3.05) is 24.7 Å². The molecule has 2 amide bonds. The number of nitrogens with zero attached hydrogens (tertiary/aromatic N) is 5. The summed E-state index contributed by atoms with van der Waals surface area (Å²) >= 11 is 0. The van der Waals surface area contributed by atoms with Crippen molar-refractivity contribution in [1.82, 2.24) is 25.0 Å². The van der Waals surface area contributed by atoms with Gasteiger partial charge < -0.3 is 15.1 Å². The number of piperidine rings is 1. The molecule has 2 aliphatic heterocycles. The SMILES string of the molecule is O=C(c1cc(-c2cccnc2)n(-c2ccc(C(F)(F)F)c(F)c2)n1)N1CCC2(CC1)C(=O)NCN2c1ccc(F)c(C(F)(F)F)c1. The zero-order chi connectivity index (χ0) is 33.0. The van der Waals surface area contributed by atoms with E-state index in [9.17, 15) is 44.7 Å². The minimum absolute atomic E-state index is 0.0138. The van der Waals surface area contributed by atoms with Crippen LogP contribution in [0.4, 0.5) is 40.8 Å². The average Bonchev–Trinajstić information content (AvgIpc) is 3.59. The molecule has 2 aromatic heterocycles. The molecule has 0 radical (unpaired) electrons. The monoisotopic (exact) mass is 650 g/mol. The van der Waals surface area contributed by atoms with Crippen LogP contribution in [0.15, 0.2) is 67.0 Å². The van der Waals surface area contributed by atoms with Crippen LogP contribution in [0.1, 0.15) is 34.5 Å². The van der Waals surface area contributed by atoms with E-state index in [1.165, 1.54) is 28.3 Å². The van der Waals surface area contributed by atoms with Crippen molar-refractivity contribution in [1.29, 1.82) is 0 Å². The molecular formula is C30H22F8N6O2. The highest BCUT2D eigenvalue weighted by atomic mass is 19.4. The van der Waals surface area contributed by atoms with Crippen LogP contribution in [0.2, 0.25) is 0 Å². The number of benzene rings is 2. The molecular weight excluding hydrogens is 628 g/mol. The maximum Gasteiger partial charge on any atom is 0.419 e. The molecule has 4 heterocycles. The number of hydrogen-bond acceptors (Lipinski definition) is 5. The molecule has 8 nitrogen and oxygen atoms in total. The van der Waals surface area contributed by atoms with Gasteiger partial charge in [0.1, 0.15) is 17.2 Å². The second kappa shape index (κ2) is 11.1. The lowest BCUT2D eigenvalue weighted by atomic mass is 9.85. The second-order valence-corrected chi connectivity index (χ2v) is 10.8. The maximum absolute atomic E-state index is 14.5. The van der Waals surface area contributed by atoms with Gasteiger partial charge >= 0.3 is 12.4 Å². The zero-order valence-electron chi connectivity index (χ0n) is 23.5. The van der Waals surface area contributed by atoms with Crippen molar-refractivity contribution in [2.24, 2.45) is 0 Å². The molecule has 4 aromatic rings. The predicted octanol–water partition coefficient (Wildman–Crippen LogP) is 5.82. The van der Waals surface area contributed by atoms with Gasteiger partial charge in [-0.15, -0.1) is 0 Å². The first-order valence-electron chi connectivity index (χ1n) is 13.8. The van der Waals surface area contributed by atoms with Crippen LogP contribution in [0.3, 0.4) is 0 Å². The van der Waals surface area contributed by atoms with Crippen LogP contribution in [0.25, 0.3) is 16.9 Å². The molecule has 2 fully saturated rings. The van der Waals surface area contributed by atoms with E-state index in [-0.39, 0.29) is 55.4 Å². The third-order valence-corrected chi connectivity index (χ3v) is 8.17. The summed E-state index contributed by atoms with van der Waals surface area (Å²) in [6.45, 7) is -0.154. The van der Waals surface area contributed by atoms with Crippen molar-refractivity contribution >= 4 is 17.5 Å². The lowest BCUT2D eigenvalue weighted by molar-refractivity contribution is -0.140. The fraction of sp³-hybridized carbons (Fsp3) is 0.267. The molecule has 2 aliphatic rings. The number of halogens is 8. The van der Waals surface area contributed by atoms with E-state index in [0.29, 0.717) is 29.8 Å². The number of alkyl halides is 6. The number of carbonyl (C=O) groups excluding carboxylic acids is 2. The van der Waals surface area contributed by atoms with E-state index >= 15 is 0 Å². The highest BCUT2D eigenvalue weighted by molar-refractivity contribution is 5.96. The Kier molecular flexibility index (Phi) is 7.48. The Labute approximate surface area is 255 Å². The third kappa shape index (κ3) is 5.41. The number of amides is 2. The van der Waals surface area contributed by atoms with Gasteiger partial charge in [0.15, 0.2) is 5.69 Å². The van der Waals surface area contributed by atoms with Crippen LogP contribution in [0.5, 0.6) is 0 Å².